The van der Waals surface area contributed by atoms with Crippen LogP contribution in [0.15, 0.2) is 18.2 Å². The number of thioether (sulfide) groups is 1. The topological polar surface area (TPSA) is 55.1 Å². The van der Waals surface area contributed by atoms with Crippen molar-refractivity contribution in [3.05, 3.63) is 29.6 Å². The van der Waals surface area contributed by atoms with E-state index in [-0.39, 0.29) is 0 Å². The first kappa shape index (κ1) is 12.5. The Morgan fingerprint density at radius 2 is 2.42 bits per heavy atom. The smallest absolute Gasteiger partial charge is 0.335 e. The van der Waals surface area contributed by atoms with Gasteiger partial charge in [0, 0.05) is 18.2 Å². The standard InChI is InChI=1S/C14H16N2O2S/c1-2-13-15-11-7-9(14(17)18)3-4-12(11)16(13)10-5-6-19-8-10/h3-4,7,10H,2,5-6,8H2,1H3,(H,17,18). The van der Waals surface area contributed by atoms with Crippen LogP contribution in [0.3, 0.4) is 0 Å². The highest BCUT2D eigenvalue weighted by atomic mass is 32.2. The van der Waals surface area contributed by atoms with Gasteiger partial charge in [0.15, 0.2) is 0 Å². The predicted octanol–water partition coefficient (Wildman–Crippen LogP) is 2.97. The number of aromatic nitrogens is 2. The zero-order valence-electron chi connectivity index (χ0n) is 10.8. The lowest BCUT2D eigenvalue weighted by Gasteiger charge is -2.15. The maximum absolute atomic E-state index is 11.0. The SMILES string of the molecule is CCc1nc2cc(C(=O)O)ccc2n1C1CCSC1. The van der Waals surface area contributed by atoms with E-state index >= 15 is 0 Å². The van der Waals surface area contributed by atoms with E-state index in [0.29, 0.717) is 11.6 Å². The minimum atomic E-state index is -0.897. The third kappa shape index (κ3) is 2.12. The molecule has 1 saturated heterocycles. The number of hydrogen-bond donors (Lipinski definition) is 1. The fourth-order valence-electron chi connectivity index (χ4n) is 2.66. The summed E-state index contributed by atoms with van der Waals surface area (Å²) in [6.45, 7) is 2.10. The van der Waals surface area contributed by atoms with Crippen LogP contribution in [0, 0.1) is 0 Å². The van der Waals surface area contributed by atoms with Crippen LogP contribution >= 0.6 is 11.8 Å². The number of carboxylic acid groups (broad SMARTS) is 1. The van der Waals surface area contributed by atoms with Crippen molar-refractivity contribution in [1.82, 2.24) is 9.55 Å². The van der Waals surface area contributed by atoms with Gasteiger partial charge in [-0.3, -0.25) is 0 Å². The average Bonchev–Trinajstić information content (AvgIpc) is 3.03. The number of fused-ring (bicyclic) bond motifs is 1. The lowest BCUT2D eigenvalue weighted by Crippen LogP contribution is -2.11. The van der Waals surface area contributed by atoms with Crippen molar-refractivity contribution in [2.45, 2.75) is 25.8 Å². The van der Waals surface area contributed by atoms with Crippen LogP contribution in [-0.2, 0) is 6.42 Å². The van der Waals surface area contributed by atoms with Gasteiger partial charge >= 0.3 is 5.97 Å². The van der Waals surface area contributed by atoms with Gasteiger partial charge in [-0.2, -0.15) is 11.8 Å². The molecule has 2 heterocycles. The maximum Gasteiger partial charge on any atom is 0.335 e. The van der Waals surface area contributed by atoms with Gasteiger partial charge in [-0.15, -0.1) is 0 Å². The molecular formula is C14H16N2O2S. The Morgan fingerprint density at radius 3 is 3.05 bits per heavy atom. The lowest BCUT2D eigenvalue weighted by atomic mass is 10.2. The first-order valence-corrected chi connectivity index (χ1v) is 7.68. The molecule has 0 spiro atoms. The Morgan fingerprint density at radius 1 is 1.58 bits per heavy atom. The fourth-order valence-corrected chi connectivity index (χ4v) is 3.86. The number of carbonyl (C=O) groups is 1. The molecule has 100 valence electrons. The fraction of sp³-hybridized carbons (Fsp3) is 0.429. The second kappa shape index (κ2) is 4.89. The van der Waals surface area contributed by atoms with E-state index in [0.717, 1.165) is 29.0 Å². The van der Waals surface area contributed by atoms with E-state index in [1.54, 1.807) is 12.1 Å². The molecule has 4 nitrogen and oxygen atoms in total. The summed E-state index contributed by atoms with van der Waals surface area (Å²) in [5.41, 5.74) is 2.17. The van der Waals surface area contributed by atoms with Crippen molar-refractivity contribution in [2.75, 3.05) is 11.5 Å². The number of nitrogens with zero attached hydrogens (tertiary/aromatic N) is 2. The zero-order chi connectivity index (χ0) is 13.4. The molecule has 1 aliphatic rings. The van der Waals surface area contributed by atoms with E-state index < -0.39 is 5.97 Å². The minimum absolute atomic E-state index is 0.306. The van der Waals surface area contributed by atoms with Crippen LogP contribution in [0.1, 0.15) is 35.6 Å². The molecule has 1 N–H and O–H groups in total. The Bertz CT molecular complexity index is 630. The Labute approximate surface area is 115 Å². The number of aromatic carboxylic acids is 1. The molecule has 0 saturated carbocycles. The summed E-state index contributed by atoms with van der Waals surface area (Å²) in [4.78, 5) is 15.6. The van der Waals surface area contributed by atoms with Crippen LogP contribution in [-0.4, -0.2) is 32.1 Å². The third-order valence-corrected chi connectivity index (χ3v) is 4.74. The summed E-state index contributed by atoms with van der Waals surface area (Å²) in [6, 6.07) is 5.74. The monoisotopic (exact) mass is 276 g/mol. The molecule has 1 aromatic heterocycles. The van der Waals surface area contributed by atoms with E-state index in [2.05, 4.69) is 16.5 Å². The van der Waals surface area contributed by atoms with E-state index in [1.807, 2.05) is 17.8 Å². The van der Waals surface area contributed by atoms with Crippen LogP contribution in [0.25, 0.3) is 11.0 Å². The van der Waals surface area contributed by atoms with Crippen LogP contribution in [0.5, 0.6) is 0 Å². The third-order valence-electron chi connectivity index (χ3n) is 3.60. The van der Waals surface area contributed by atoms with Crippen LogP contribution in [0.4, 0.5) is 0 Å². The minimum Gasteiger partial charge on any atom is -0.478 e. The maximum atomic E-state index is 11.0. The average molecular weight is 276 g/mol. The summed E-state index contributed by atoms with van der Waals surface area (Å²) in [6.07, 6.45) is 2.04. The number of rotatable bonds is 3. The van der Waals surface area contributed by atoms with Crippen LogP contribution < -0.4 is 0 Å². The van der Waals surface area contributed by atoms with Gasteiger partial charge in [-0.05, 0) is 30.4 Å². The quantitative estimate of drug-likeness (QED) is 0.936. The molecule has 0 bridgehead atoms. The molecule has 1 unspecified atom stereocenters. The summed E-state index contributed by atoms with van der Waals surface area (Å²) >= 11 is 1.97. The number of hydrogen-bond acceptors (Lipinski definition) is 3. The molecule has 2 aromatic rings. The lowest BCUT2D eigenvalue weighted by molar-refractivity contribution is 0.0697. The van der Waals surface area contributed by atoms with E-state index in [4.69, 9.17) is 5.11 Å². The molecule has 5 heteroatoms. The highest BCUT2D eigenvalue weighted by Gasteiger charge is 2.22. The highest BCUT2D eigenvalue weighted by Crippen LogP contribution is 2.32. The zero-order valence-corrected chi connectivity index (χ0v) is 11.6. The van der Waals surface area contributed by atoms with Crippen molar-refractivity contribution in [3.63, 3.8) is 0 Å². The summed E-state index contributed by atoms with van der Waals surface area (Å²) < 4.78 is 2.31. The normalized spacial score (nSPS) is 19.1. The van der Waals surface area contributed by atoms with Crippen molar-refractivity contribution in [1.29, 1.82) is 0 Å². The second-order valence-corrected chi connectivity index (χ2v) is 5.93. The van der Waals surface area contributed by atoms with Crippen molar-refractivity contribution in [3.8, 4) is 0 Å². The first-order chi connectivity index (χ1) is 9.20. The largest absolute Gasteiger partial charge is 0.478 e. The number of imidazole rings is 1. The van der Waals surface area contributed by atoms with E-state index in [1.165, 1.54) is 12.2 Å². The second-order valence-electron chi connectivity index (χ2n) is 4.78. The summed E-state index contributed by atoms with van der Waals surface area (Å²) in [5.74, 6) is 2.48. The van der Waals surface area contributed by atoms with Crippen molar-refractivity contribution >= 4 is 28.8 Å². The first-order valence-electron chi connectivity index (χ1n) is 6.52. The Kier molecular flexibility index (Phi) is 3.22. The highest BCUT2D eigenvalue weighted by molar-refractivity contribution is 7.99. The van der Waals surface area contributed by atoms with Gasteiger partial charge < -0.3 is 9.67 Å². The summed E-state index contributed by atoms with van der Waals surface area (Å²) in [7, 11) is 0. The van der Waals surface area contributed by atoms with Gasteiger partial charge in [-0.1, -0.05) is 6.92 Å². The molecule has 1 atom stereocenters. The Balaban J connectivity index is 2.16. The molecule has 0 radical (unpaired) electrons. The Hall–Kier alpha value is -1.49. The molecule has 1 aliphatic heterocycles. The molecule has 0 aliphatic carbocycles. The predicted molar refractivity (Wildman–Crippen MR) is 77.0 cm³/mol. The van der Waals surface area contributed by atoms with Crippen LogP contribution in [0.2, 0.25) is 0 Å². The number of aryl methyl sites for hydroxylation is 1. The molecule has 1 aromatic carbocycles. The van der Waals surface area contributed by atoms with Gasteiger partial charge in [0.1, 0.15) is 5.82 Å². The molecule has 3 rings (SSSR count). The van der Waals surface area contributed by atoms with E-state index in [9.17, 15) is 4.79 Å². The number of benzene rings is 1. The molecular weight excluding hydrogens is 260 g/mol. The molecule has 0 amide bonds. The van der Waals surface area contributed by atoms with Gasteiger partial charge in [0.05, 0.1) is 16.6 Å². The number of carboxylic acids is 1. The van der Waals surface area contributed by atoms with Crippen molar-refractivity contribution in [2.24, 2.45) is 0 Å². The van der Waals surface area contributed by atoms with Gasteiger partial charge in [0.2, 0.25) is 0 Å². The molecule has 19 heavy (non-hydrogen) atoms. The van der Waals surface area contributed by atoms with Gasteiger partial charge in [-0.25, -0.2) is 9.78 Å². The van der Waals surface area contributed by atoms with Crippen molar-refractivity contribution < 1.29 is 9.90 Å². The molecule has 1 fully saturated rings. The summed E-state index contributed by atoms with van der Waals surface area (Å²) in [5, 5.41) is 9.05. The van der Waals surface area contributed by atoms with Gasteiger partial charge in [0.25, 0.3) is 0 Å².